The van der Waals surface area contributed by atoms with E-state index in [1.165, 1.54) is 7.11 Å². The van der Waals surface area contributed by atoms with E-state index in [1.54, 1.807) is 23.1 Å². The number of carbonyl (C=O) groups is 1. The molecule has 1 N–H and O–H groups in total. The summed E-state index contributed by atoms with van der Waals surface area (Å²) in [7, 11) is 1.39. The Kier molecular flexibility index (Phi) is 3.99. The van der Waals surface area contributed by atoms with Crippen LogP contribution in [0.4, 0.5) is 5.82 Å². The van der Waals surface area contributed by atoms with Gasteiger partial charge in [-0.05, 0) is 18.4 Å². The van der Waals surface area contributed by atoms with Crippen LogP contribution in [0.1, 0.15) is 20.3 Å². The van der Waals surface area contributed by atoms with Gasteiger partial charge in [-0.25, -0.2) is 14.3 Å². The maximum Gasteiger partial charge on any atom is 0.328 e. The van der Waals surface area contributed by atoms with Crippen molar-refractivity contribution in [1.82, 2.24) is 14.6 Å². The average Bonchev–Trinajstić information content (AvgIpc) is 2.85. The van der Waals surface area contributed by atoms with Crippen LogP contribution in [0.15, 0.2) is 24.7 Å². The van der Waals surface area contributed by atoms with Gasteiger partial charge >= 0.3 is 5.97 Å². The van der Waals surface area contributed by atoms with Gasteiger partial charge < -0.3 is 10.1 Å². The molecule has 0 aliphatic carbocycles. The Morgan fingerprint density at radius 1 is 1.47 bits per heavy atom. The minimum Gasteiger partial charge on any atom is -0.467 e. The van der Waals surface area contributed by atoms with Gasteiger partial charge in [0.05, 0.1) is 13.3 Å². The number of nitrogens with zero attached hydrogens (tertiary/aromatic N) is 3. The monoisotopic (exact) mass is 262 g/mol. The van der Waals surface area contributed by atoms with E-state index < -0.39 is 6.04 Å². The molecule has 0 aliphatic rings. The molecule has 0 aliphatic heterocycles. The molecule has 6 heteroatoms. The van der Waals surface area contributed by atoms with Crippen molar-refractivity contribution in [1.29, 1.82) is 0 Å². The van der Waals surface area contributed by atoms with E-state index in [2.05, 4.69) is 29.2 Å². The van der Waals surface area contributed by atoms with Crippen molar-refractivity contribution in [3.05, 3.63) is 24.7 Å². The number of fused-ring (bicyclic) bond motifs is 1. The summed E-state index contributed by atoms with van der Waals surface area (Å²) in [5.74, 6) is 0.731. The van der Waals surface area contributed by atoms with E-state index in [0.717, 1.165) is 5.52 Å². The third-order valence-electron chi connectivity index (χ3n) is 2.83. The number of rotatable bonds is 5. The van der Waals surface area contributed by atoms with Crippen LogP contribution < -0.4 is 5.32 Å². The van der Waals surface area contributed by atoms with Gasteiger partial charge in [0, 0.05) is 12.4 Å². The Labute approximate surface area is 111 Å². The first-order chi connectivity index (χ1) is 9.11. The standard InChI is InChI=1S/C13H18N4O2/c1-9(2)8-10(13(18)19-3)16-12-11-4-5-15-17(11)7-6-14-12/h4-7,9-10H,8H2,1-3H3,(H,14,16). The number of nitrogens with one attached hydrogen (secondary N) is 1. The van der Waals surface area contributed by atoms with Gasteiger partial charge in [0.2, 0.25) is 0 Å². The van der Waals surface area contributed by atoms with Gasteiger partial charge in [-0.3, -0.25) is 0 Å². The molecule has 1 atom stereocenters. The first-order valence-electron chi connectivity index (χ1n) is 6.24. The molecule has 0 saturated heterocycles. The Bertz CT molecular complexity index is 565. The Balaban J connectivity index is 2.25. The minimum absolute atomic E-state index is 0.281. The molecule has 0 aromatic carbocycles. The van der Waals surface area contributed by atoms with Gasteiger partial charge in [0.25, 0.3) is 0 Å². The molecule has 19 heavy (non-hydrogen) atoms. The van der Waals surface area contributed by atoms with E-state index in [9.17, 15) is 4.79 Å². The number of anilines is 1. The summed E-state index contributed by atoms with van der Waals surface area (Å²) in [6.07, 6.45) is 5.78. The second kappa shape index (κ2) is 5.69. The minimum atomic E-state index is -0.404. The van der Waals surface area contributed by atoms with Crippen molar-refractivity contribution < 1.29 is 9.53 Å². The molecule has 2 heterocycles. The highest BCUT2D eigenvalue weighted by Gasteiger charge is 2.21. The second-order valence-corrected chi connectivity index (χ2v) is 4.79. The Hall–Kier alpha value is -2.11. The predicted molar refractivity (Wildman–Crippen MR) is 71.9 cm³/mol. The number of hydrogen-bond donors (Lipinski definition) is 1. The molecule has 6 nitrogen and oxygen atoms in total. The summed E-state index contributed by atoms with van der Waals surface area (Å²) in [5.41, 5.74) is 0.833. The molecule has 0 radical (unpaired) electrons. The Morgan fingerprint density at radius 2 is 2.26 bits per heavy atom. The zero-order valence-corrected chi connectivity index (χ0v) is 11.3. The van der Waals surface area contributed by atoms with Crippen molar-refractivity contribution in [3.63, 3.8) is 0 Å². The van der Waals surface area contributed by atoms with Crippen LogP contribution in [-0.4, -0.2) is 33.7 Å². The fourth-order valence-electron chi connectivity index (χ4n) is 1.96. The van der Waals surface area contributed by atoms with Crippen molar-refractivity contribution in [3.8, 4) is 0 Å². The van der Waals surface area contributed by atoms with Crippen LogP contribution >= 0.6 is 0 Å². The van der Waals surface area contributed by atoms with Crippen LogP contribution in [0.25, 0.3) is 5.52 Å². The zero-order valence-electron chi connectivity index (χ0n) is 11.3. The summed E-state index contributed by atoms with van der Waals surface area (Å²) in [6.45, 7) is 4.12. The van der Waals surface area contributed by atoms with E-state index >= 15 is 0 Å². The van der Waals surface area contributed by atoms with E-state index in [4.69, 9.17) is 4.74 Å². The van der Waals surface area contributed by atoms with Crippen LogP contribution in [0.2, 0.25) is 0 Å². The Morgan fingerprint density at radius 3 is 2.95 bits per heavy atom. The predicted octanol–water partition coefficient (Wildman–Crippen LogP) is 1.73. The molecule has 0 saturated carbocycles. The SMILES string of the molecule is COC(=O)C(CC(C)C)Nc1nccn2nccc12. The maximum absolute atomic E-state index is 11.8. The molecular weight excluding hydrogens is 244 g/mol. The normalized spacial score (nSPS) is 12.6. The van der Waals surface area contributed by atoms with Crippen LogP contribution in [-0.2, 0) is 9.53 Å². The summed E-state index contributed by atoms with van der Waals surface area (Å²) in [6, 6.07) is 1.44. The number of ether oxygens (including phenoxy) is 1. The van der Waals surface area contributed by atoms with Crippen LogP contribution in [0, 0.1) is 5.92 Å². The smallest absolute Gasteiger partial charge is 0.328 e. The molecule has 0 bridgehead atoms. The number of methoxy groups -OCH3 is 1. The first-order valence-corrected chi connectivity index (χ1v) is 6.24. The quantitative estimate of drug-likeness (QED) is 0.831. The summed E-state index contributed by atoms with van der Waals surface area (Å²) < 4.78 is 6.53. The van der Waals surface area contributed by atoms with Gasteiger partial charge in [-0.2, -0.15) is 5.10 Å². The average molecular weight is 262 g/mol. The topological polar surface area (TPSA) is 68.5 Å². The molecule has 2 aromatic rings. The highest BCUT2D eigenvalue weighted by molar-refractivity contribution is 5.81. The van der Waals surface area contributed by atoms with Crippen molar-refractivity contribution in [2.45, 2.75) is 26.3 Å². The number of aromatic nitrogens is 3. The molecule has 102 valence electrons. The fraction of sp³-hybridized carbons (Fsp3) is 0.462. The summed E-state index contributed by atoms with van der Waals surface area (Å²) >= 11 is 0. The summed E-state index contributed by atoms with van der Waals surface area (Å²) in [4.78, 5) is 16.1. The summed E-state index contributed by atoms with van der Waals surface area (Å²) in [5, 5.41) is 7.28. The molecule has 0 spiro atoms. The van der Waals surface area contributed by atoms with Gasteiger partial charge in [0.15, 0.2) is 5.82 Å². The zero-order chi connectivity index (χ0) is 13.8. The third kappa shape index (κ3) is 3.01. The van der Waals surface area contributed by atoms with E-state index in [1.807, 2.05) is 6.07 Å². The highest BCUT2D eigenvalue weighted by atomic mass is 16.5. The van der Waals surface area contributed by atoms with Crippen molar-refractivity contribution >= 4 is 17.3 Å². The highest BCUT2D eigenvalue weighted by Crippen LogP contribution is 2.17. The molecule has 2 rings (SSSR count). The molecule has 0 amide bonds. The van der Waals surface area contributed by atoms with Crippen molar-refractivity contribution in [2.75, 3.05) is 12.4 Å². The van der Waals surface area contributed by atoms with Crippen LogP contribution in [0.3, 0.4) is 0 Å². The van der Waals surface area contributed by atoms with Crippen molar-refractivity contribution in [2.24, 2.45) is 5.92 Å². The number of esters is 1. The van der Waals surface area contributed by atoms with Crippen LogP contribution in [0.5, 0.6) is 0 Å². The molecule has 0 fully saturated rings. The molecular formula is C13H18N4O2. The van der Waals surface area contributed by atoms with Gasteiger partial charge in [-0.15, -0.1) is 0 Å². The maximum atomic E-state index is 11.8. The molecule has 2 aromatic heterocycles. The lowest BCUT2D eigenvalue weighted by Gasteiger charge is -2.19. The lowest BCUT2D eigenvalue weighted by Crippen LogP contribution is -2.32. The second-order valence-electron chi connectivity index (χ2n) is 4.79. The first kappa shape index (κ1) is 13.3. The van der Waals surface area contributed by atoms with Gasteiger partial charge in [0.1, 0.15) is 11.6 Å². The molecule has 1 unspecified atom stereocenters. The van der Waals surface area contributed by atoms with E-state index in [-0.39, 0.29) is 5.97 Å². The lowest BCUT2D eigenvalue weighted by molar-refractivity contribution is -0.141. The largest absolute Gasteiger partial charge is 0.467 e. The third-order valence-corrected chi connectivity index (χ3v) is 2.83. The van der Waals surface area contributed by atoms with E-state index in [0.29, 0.717) is 18.2 Å². The lowest BCUT2D eigenvalue weighted by atomic mass is 10.0. The van der Waals surface area contributed by atoms with Gasteiger partial charge in [-0.1, -0.05) is 13.8 Å². The fourth-order valence-corrected chi connectivity index (χ4v) is 1.96. The number of hydrogen-bond acceptors (Lipinski definition) is 5. The number of carbonyl (C=O) groups excluding carboxylic acids is 1.